The normalized spacial score (nSPS) is 12.0. The molecule has 0 aromatic carbocycles. The molecule has 0 amide bonds. The molecule has 0 radical (unpaired) electrons. The molecule has 0 bridgehead atoms. The van der Waals surface area contributed by atoms with Crippen LogP contribution in [0.25, 0.3) is 0 Å². The Hall–Kier alpha value is -0.790. The lowest BCUT2D eigenvalue weighted by Gasteiger charge is -2.20. The maximum absolute atomic E-state index is 11.6. The predicted octanol–water partition coefficient (Wildman–Crippen LogP) is 6.83. The third kappa shape index (κ3) is 13.4. The molecule has 0 aromatic rings. The van der Waals surface area contributed by atoms with Crippen LogP contribution >= 0.6 is 0 Å². The van der Waals surface area contributed by atoms with Crippen LogP contribution in [0.15, 0.2) is 12.2 Å². The Bertz CT molecular complexity index is 305. The van der Waals surface area contributed by atoms with Crippen LogP contribution in [-0.2, 0) is 9.53 Å². The minimum atomic E-state index is -0.328. The third-order valence-electron chi connectivity index (χ3n) is 4.55. The van der Waals surface area contributed by atoms with Gasteiger partial charge in [0.1, 0.15) is 0 Å². The Labute approximate surface area is 145 Å². The van der Waals surface area contributed by atoms with Gasteiger partial charge in [-0.15, -0.1) is 0 Å². The van der Waals surface area contributed by atoms with Gasteiger partial charge in [0.25, 0.3) is 0 Å². The summed E-state index contributed by atoms with van der Waals surface area (Å²) in [4.78, 5) is 11.6. The van der Waals surface area contributed by atoms with Crippen molar-refractivity contribution in [3.8, 4) is 0 Å². The van der Waals surface area contributed by atoms with Crippen molar-refractivity contribution >= 4 is 5.97 Å². The van der Waals surface area contributed by atoms with Gasteiger partial charge in [0.15, 0.2) is 0 Å². The summed E-state index contributed by atoms with van der Waals surface area (Å²) in [6.45, 7) is 6.22. The Kier molecular flexibility index (Phi) is 14.3. The fraction of sp³-hybridized carbons (Fsp3) is 0.857. The average molecular weight is 325 g/mol. The molecule has 0 unspecified atom stereocenters. The maximum Gasteiger partial charge on any atom is 0.311 e. The van der Waals surface area contributed by atoms with E-state index >= 15 is 0 Å². The van der Waals surface area contributed by atoms with E-state index in [2.05, 4.69) is 19.1 Å². The number of hydrogen-bond donors (Lipinski definition) is 0. The number of allylic oxidation sites excluding steroid dienone is 2. The second-order valence-corrected chi connectivity index (χ2v) is 7.36. The summed E-state index contributed by atoms with van der Waals surface area (Å²) in [6.07, 6.45) is 21.2. The molecule has 23 heavy (non-hydrogen) atoms. The Morgan fingerprint density at radius 1 is 0.826 bits per heavy atom. The van der Waals surface area contributed by atoms with Gasteiger partial charge < -0.3 is 4.74 Å². The van der Waals surface area contributed by atoms with Crippen LogP contribution in [0.4, 0.5) is 0 Å². The number of methoxy groups -OCH3 is 1. The van der Waals surface area contributed by atoms with Crippen molar-refractivity contribution in [2.45, 2.75) is 104 Å². The highest BCUT2D eigenvalue weighted by atomic mass is 16.5. The summed E-state index contributed by atoms with van der Waals surface area (Å²) in [5.74, 6) is -0.0878. The fourth-order valence-corrected chi connectivity index (χ4v) is 2.84. The van der Waals surface area contributed by atoms with E-state index < -0.39 is 0 Å². The van der Waals surface area contributed by atoms with Gasteiger partial charge in [-0.2, -0.15) is 0 Å². The van der Waals surface area contributed by atoms with E-state index in [1.165, 1.54) is 77.7 Å². The van der Waals surface area contributed by atoms with Gasteiger partial charge in [0.05, 0.1) is 12.5 Å². The topological polar surface area (TPSA) is 26.3 Å². The molecule has 0 fully saturated rings. The van der Waals surface area contributed by atoms with Crippen LogP contribution in [0, 0.1) is 5.41 Å². The summed E-state index contributed by atoms with van der Waals surface area (Å²) in [5.41, 5.74) is -0.328. The van der Waals surface area contributed by atoms with Crippen molar-refractivity contribution in [2.24, 2.45) is 5.41 Å². The largest absolute Gasteiger partial charge is 0.469 e. The number of esters is 1. The standard InChI is InChI=1S/C21H40O2/c1-5-6-7-8-9-10-11-12-13-14-15-16-17-18-19-21(2,3)20(22)23-4/h12-13H,5-11,14-19H2,1-4H3/b13-12-. The molecular weight excluding hydrogens is 284 g/mol. The highest BCUT2D eigenvalue weighted by Gasteiger charge is 2.27. The van der Waals surface area contributed by atoms with E-state index in [9.17, 15) is 4.79 Å². The lowest BCUT2D eigenvalue weighted by molar-refractivity contribution is -0.151. The monoisotopic (exact) mass is 324 g/mol. The van der Waals surface area contributed by atoms with Crippen LogP contribution in [0.5, 0.6) is 0 Å². The van der Waals surface area contributed by atoms with Crippen molar-refractivity contribution in [1.29, 1.82) is 0 Å². The van der Waals surface area contributed by atoms with E-state index in [1.807, 2.05) is 13.8 Å². The van der Waals surface area contributed by atoms with E-state index in [4.69, 9.17) is 4.74 Å². The van der Waals surface area contributed by atoms with Gasteiger partial charge in [-0.05, 0) is 46.0 Å². The molecule has 0 aromatic heterocycles. The summed E-state index contributed by atoms with van der Waals surface area (Å²) in [6, 6.07) is 0. The number of hydrogen-bond acceptors (Lipinski definition) is 2. The molecule has 0 saturated heterocycles. The maximum atomic E-state index is 11.6. The van der Waals surface area contributed by atoms with E-state index in [1.54, 1.807) is 0 Å². The zero-order valence-corrected chi connectivity index (χ0v) is 16.2. The number of rotatable bonds is 15. The Balaban J connectivity index is 3.36. The molecule has 0 aliphatic heterocycles. The van der Waals surface area contributed by atoms with E-state index in [0.717, 1.165) is 12.8 Å². The number of ether oxygens (including phenoxy) is 1. The van der Waals surface area contributed by atoms with Gasteiger partial charge in [-0.25, -0.2) is 0 Å². The molecule has 0 aliphatic rings. The third-order valence-corrected chi connectivity index (χ3v) is 4.55. The molecule has 0 N–H and O–H groups in total. The first-order valence-electron chi connectivity index (χ1n) is 9.78. The summed E-state index contributed by atoms with van der Waals surface area (Å²) in [5, 5.41) is 0. The van der Waals surface area contributed by atoms with Crippen LogP contribution in [0.1, 0.15) is 104 Å². The predicted molar refractivity (Wildman–Crippen MR) is 101 cm³/mol. The number of unbranched alkanes of at least 4 members (excludes halogenated alkanes) is 10. The lowest BCUT2D eigenvalue weighted by atomic mass is 9.87. The zero-order valence-electron chi connectivity index (χ0n) is 16.2. The average Bonchev–Trinajstić information content (AvgIpc) is 2.54. The number of carbonyl (C=O) groups is 1. The van der Waals surface area contributed by atoms with Crippen LogP contribution < -0.4 is 0 Å². The minimum Gasteiger partial charge on any atom is -0.469 e. The molecule has 0 aliphatic carbocycles. The van der Waals surface area contributed by atoms with Gasteiger partial charge in [0.2, 0.25) is 0 Å². The molecule has 2 heteroatoms. The quantitative estimate of drug-likeness (QED) is 0.187. The highest BCUT2D eigenvalue weighted by Crippen LogP contribution is 2.25. The van der Waals surface area contributed by atoms with Crippen molar-refractivity contribution < 1.29 is 9.53 Å². The van der Waals surface area contributed by atoms with Crippen molar-refractivity contribution in [2.75, 3.05) is 7.11 Å². The Morgan fingerprint density at radius 2 is 1.30 bits per heavy atom. The van der Waals surface area contributed by atoms with Gasteiger partial charge in [-0.3, -0.25) is 4.79 Å². The molecule has 136 valence electrons. The molecule has 0 spiro atoms. The highest BCUT2D eigenvalue weighted by molar-refractivity contribution is 5.75. The van der Waals surface area contributed by atoms with E-state index in [0.29, 0.717) is 0 Å². The molecule has 0 rings (SSSR count). The van der Waals surface area contributed by atoms with Gasteiger partial charge >= 0.3 is 5.97 Å². The van der Waals surface area contributed by atoms with Crippen LogP contribution in [0.2, 0.25) is 0 Å². The molecule has 2 nitrogen and oxygen atoms in total. The summed E-state index contributed by atoms with van der Waals surface area (Å²) >= 11 is 0. The first-order chi connectivity index (χ1) is 11.0. The number of carbonyl (C=O) groups excluding carboxylic acids is 1. The molecule has 0 heterocycles. The summed E-state index contributed by atoms with van der Waals surface area (Å²) in [7, 11) is 1.47. The SMILES string of the molecule is CCCCCCCC/C=C\CCCCCCC(C)(C)C(=O)OC. The zero-order chi connectivity index (χ0) is 17.4. The Morgan fingerprint density at radius 3 is 1.83 bits per heavy atom. The van der Waals surface area contributed by atoms with Crippen LogP contribution in [-0.4, -0.2) is 13.1 Å². The van der Waals surface area contributed by atoms with Gasteiger partial charge in [0, 0.05) is 0 Å². The van der Waals surface area contributed by atoms with Crippen molar-refractivity contribution in [3.05, 3.63) is 12.2 Å². The van der Waals surface area contributed by atoms with Crippen LogP contribution in [0.3, 0.4) is 0 Å². The molecular formula is C21H40O2. The van der Waals surface area contributed by atoms with Crippen molar-refractivity contribution in [3.63, 3.8) is 0 Å². The second-order valence-electron chi connectivity index (χ2n) is 7.36. The second kappa shape index (κ2) is 14.8. The van der Waals surface area contributed by atoms with E-state index in [-0.39, 0.29) is 11.4 Å². The first kappa shape index (κ1) is 22.2. The summed E-state index contributed by atoms with van der Waals surface area (Å²) < 4.78 is 4.84. The lowest BCUT2D eigenvalue weighted by Crippen LogP contribution is -2.25. The van der Waals surface area contributed by atoms with Gasteiger partial charge in [-0.1, -0.05) is 70.4 Å². The fourth-order valence-electron chi connectivity index (χ4n) is 2.84. The minimum absolute atomic E-state index is 0.0878. The van der Waals surface area contributed by atoms with Crippen molar-refractivity contribution in [1.82, 2.24) is 0 Å². The molecule has 0 saturated carbocycles. The first-order valence-corrected chi connectivity index (χ1v) is 9.78. The smallest absolute Gasteiger partial charge is 0.311 e. The molecule has 0 atom stereocenters.